The van der Waals surface area contributed by atoms with E-state index >= 15 is 0 Å². The van der Waals surface area contributed by atoms with Gasteiger partial charge < -0.3 is 40.3 Å². The Bertz CT molecular complexity index is 753. The number of halogens is 2. The van der Waals surface area contributed by atoms with E-state index in [-0.39, 0.29) is 30.7 Å². The van der Waals surface area contributed by atoms with Crippen LogP contribution in [-0.4, -0.2) is 30.9 Å². The quantitative estimate of drug-likeness (QED) is 0.279. The maximum absolute atomic E-state index is 11.9. The first-order chi connectivity index (χ1) is 12.2. The second kappa shape index (κ2) is 11.0. The molecule has 0 saturated heterocycles. The molecule has 148 valence electrons. The Kier molecular flexibility index (Phi) is 9.35. The molecule has 1 aliphatic carbocycles. The smallest absolute Gasteiger partial charge is 0.287 e. The monoisotopic (exact) mass is 412 g/mol. The molecule has 1 aromatic heterocycles. The number of hydrogen-bond acceptors (Lipinski definition) is 2. The molecule has 0 spiro atoms. The SMILES string of the molecule is NC(=[NH+]C1CCCC1)c1ccc(-c2ccc(C(=O)NCC[NH3+])o2)cc1.[Cl-].[Cl-]. The van der Waals surface area contributed by atoms with Crippen LogP contribution in [0, 0.1) is 0 Å². The van der Waals surface area contributed by atoms with E-state index in [1.165, 1.54) is 25.7 Å². The lowest BCUT2D eigenvalue weighted by Crippen LogP contribution is -3.00. The van der Waals surface area contributed by atoms with E-state index in [1.54, 1.807) is 12.1 Å². The third-order valence-corrected chi connectivity index (χ3v) is 4.49. The van der Waals surface area contributed by atoms with Gasteiger partial charge in [-0.05, 0) is 49.9 Å². The van der Waals surface area contributed by atoms with E-state index < -0.39 is 0 Å². The summed E-state index contributed by atoms with van der Waals surface area (Å²) in [6.07, 6.45) is 4.91. The van der Waals surface area contributed by atoms with Gasteiger partial charge in [0, 0.05) is 5.56 Å². The molecule has 0 aliphatic heterocycles. The number of furan rings is 1. The minimum Gasteiger partial charge on any atom is -1.00 e. The Morgan fingerprint density at radius 1 is 1.15 bits per heavy atom. The van der Waals surface area contributed by atoms with Crippen molar-refractivity contribution in [3.8, 4) is 11.3 Å². The molecule has 1 fully saturated rings. The molecule has 27 heavy (non-hydrogen) atoms. The second-order valence-electron chi connectivity index (χ2n) is 6.39. The minimum absolute atomic E-state index is 0. The van der Waals surface area contributed by atoms with E-state index in [2.05, 4.69) is 16.0 Å². The lowest BCUT2D eigenvalue weighted by Gasteiger charge is -2.03. The number of nitrogen functional groups attached to an aromatic ring is 1. The number of rotatable bonds is 6. The second-order valence-corrected chi connectivity index (χ2v) is 6.39. The van der Waals surface area contributed by atoms with Crippen molar-refractivity contribution in [3.63, 3.8) is 0 Å². The van der Waals surface area contributed by atoms with E-state index in [1.807, 2.05) is 24.3 Å². The number of carbonyl (C=O) groups is 1. The van der Waals surface area contributed by atoms with Crippen molar-refractivity contribution in [3.05, 3.63) is 47.7 Å². The third-order valence-electron chi connectivity index (χ3n) is 4.49. The van der Waals surface area contributed by atoms with Gasteiger partial charge in [-0.1, -0.05) is 12.1 Å². The fraction of sp³-hybridized carbons (Fsp3) is 0.368. The predicted molar refractivity (Wildman–Crippen MR) is 95.7 cm³/mol. The first kappa shape index (κ1) is 23.0. The van der Waals surface area contributed by atoms with Crippen LogP contribution in [0.2, 0.25) is 0 Å². The van der Waals surface area contributed by atoms with E-state index in [9.17, 15) is 4.79 Å². The van der Waals surface area contributed by atoms with Crippen LogP contribution in [0.15, 0.2) is 40.8 Å². The standard InChI is InChI=1S/C19H24N4O2.2ClH/c20-11-12-22-19(24)17-10-9-16(25-17)13-5-7-14(8-6-13)18(21)23-15-3-1-2-4-15;;/h5-10,15H,1-4,11-12,20H2,(H2,21,23)(H,22,24);2*1H. The molecule has 6 nitrogen and oxygen atoms in total. The summed E-state index contributed by atoms with van der Waals surface area (Å²) in [6.45, 7) is 1.18. The van der Waals surface area contributed by atoms with Gasteiger partial charge in [-0.2, -0.15) is 0 Å². The zero-order valence-corrected chi connectivity index (χ0v) is 16.7. The zero-order valence-electron chi connectivity index (χ0n) is 15.1. The summed E-state index contributed by atoms with van der Waals surface area (Å²) < 4.78 is 5.65. The summed E-state index contributed by atoms with van der Waals surface area (Å²) >= 11 is 0. The number of quaternary nitrogens is 1. The maximum Gasteiger partial charge on any atom is 0.287 e. The van der Waals surface area contributed by atoms with Crippen molar-refractivity contribution in [2.75, 3.05) is 13.1 Å². The number of carbonyl (C=O) groups excluding carboxylic acids is 1. The van der Waals surface area contributed by atoms with Crippen LogP contribution < -0.4 is 46.6 Å². The average Bonchev–Trinajstić information content (AvgIpc) is 3.31. The highest BCUT2D eigenvalue weighted by atomic mass is 35.5. The normalized spacial score (nSPS) is 14.3. The van der Waals surface area contributed by atoms with Gasteiger partial charge in [0.15, 0.2) is 5.76 Å². The average molecular weight is 413 g/mol. The Balaban J connectivity index is 0.00000182. The molecular formula is C19H26Cl2N4O2. The molecule has 1 amide bonds. The fourth-order valence-corrected chi connectivity index (χ4v) is 3.09. The van der Waals surface area contributed by atoms with Gasteiger partial charge in [-0.15, -0.1) is 0 Å². The van der Waals surface area contributed by atoms with Gasteiger partial charge in [0.05, 0.1) is 24.7 Å². The van der Waals surface area contributed by atoms with Crippen molar-refractivity contribution in [2.24, 2.45) is 5.73 Å². The lowest BCUT2D eigenvalue weighted by atomic mass is 10.1. The molecule has 0 unspecified atom stereocenters. The van der Waals surface area contributed by atoms with E-state index in [0.29, 0.717) is 36.5 Å². The number of nitrogens with one attached hydrogen (secondary N) is 2. The van der Waals surface area contributed by atoms with Gasteiger partial charge in [-0.3, -0.25) is 15.5 Å². The number of hydrogen-bond donors (Lipinski definition) is 4. The highest BCUT2D eigenvalue weighted by molar-refractivity contribution is 5.94. The Labute approximate surface area is 171 Å². The van der Waals surface area contributed by atoms with Crippen molar-refractivity contribution in [1.82, 2.24) is 5.32 Å². The topological polar surface area (TPSA) is 110 Å². The summed E-state index contributed by atoms with van der Waals surface area (Å²) in [5.74, 6) is 1.46. The van der Waals surface area contributed by atoms with Crippen LogP contribution in [0.4, 0.5) is 0 Å². The van der Waals surface area contributed by atoms with Crippen molar-refractivity contribution >= 4 is 11.7 Å². The first-order valence-corrected chi connectivity index (χ1v) is 8.84. The Morgan fingerprint density at radius 3 is 2.44 bits per heavy atom. The van der Waals surface area contributed by atoms with Crippen molar-refractivity contribution in [2.45, 2.75) is 31.7 Å². The summed E-state index contributed by atoms with van der Waals surface area (Å²) in [6, 6.07) is 11.8. The van der Waals surface area contributed by atoms with Crippen molar-refractivity contribution in [1.29, 1.82) is 0 Å². The summed E-state index contributed by atoms with van der Waals surface area (Å²) in [5.41, 5.74) is 11.8. The van der Waals surface area contributed by atoms with Crippen LogP contribution in [0.25, 0.3) is 11.3 Å². The molecule has 1 aromatic carbocycles. The third kappa shape index (κ3) is 5.99. The van der Waals surface area contributed by atoms with Crippen LogP contribution in [0.5, 0.6) is 0 Å². The van der Waals surface area contributed by atoms with Crippen LogP contribution in [0.1, 0.15) is 41.8 Å². The Morgan fingerprint density at radius 2 is 1.81 bits per heavy atom. The number of amidine groups is 1. The highest BCUT2D eigenvalue weighted by Crippen LogP contribution is 2.22. The summed E-state index contributed by atoms with van der Waals surface area (Å²) in [5, 5.41) is 2.75. The maximum atomic E-state index is 11.9. The van der Waals surface area contributed by atoms with Crippen LogP contribution in [0.3, 0.4) is 0 Å². The van der Waals surface area contributed by atoms with Gasteiger partial charge in [0.1, 0.15) is 5.76 Å². The predicted octanol–water partition coefficient (Wildman–Crippen LogP) is -6.35. The molecule has 2 aromatic rings. The number of nitrogens with two attached hydrogens (primary N) is 1. The van der Waals surface area contributed by atoms with Gasteiger partial charge in [0.2, 0.25) is 0 Å². The molecule has 1 heterocycles. The molecule has 0 radical (unpaired) electrons. The minimum atomic E-state index is -0.218. The molecule has 1 aliphatic rings. The molecule has 8 heteroatoms. The molecule has 1 saturated carbocycles. The van der Waals surface area contributed by atoms with Crippen LogP contribution >= 0.6 is 0 Å². The fourth-order valence-electron chi connectivity index (χ4n) is 3.09. The number of amides is 1. The largest absolute Gasteiger partial charge is 1.00 e. The molecule has 3 rings (SSSR count). The lowest BCUT2D eigenvalue weighted by molar-refractivity contribution is -0.501. The molecule has 7 N–H and O–H groups in total. The van der Waals surface area contributed by atoms with Gasteiger partial charge in [0.25, 0.3) is 11.7 Å². The van der Waals surface area contributed by atoms with Crippen molar-refractivity contribution < 1.29 is 44.8 Å². The number of benzene rings is 1. The first-order valence-electron chi connectivity index (χ1n) is 8.84. The molecule has 0 atom stereocenters. The summed E-state index contributed by atoms with van der Waals surface area (Å²) in [4.78, 5) is 15.3. The van der Waals surface area contributed by atoms with Crippen LogP contribution in [-0.2, 0) is 0 Å². The van der Waals surface area contributed by atoms with Gasteiger partial charge >= 0.3 is 0 Å². The zero-order chi connectivity index (χ0) is 17.6. The van der Waals surface area contributed by atoms with E-state index in [4.69, 9.17) is 10.2 Å². The van der Waals surface area contributed by atoms with E-state index in [0.717, 1.165) is 11.1 Å². The molecular weight excluding hydrogens is 387 g/mol. The van der Waals surface area contributed by atoms with Gasteiger partial charge in [-0.25, -0.2) is 0 Å². The Hall–Kier alpha value is -2.02. The molecule has 0 bridgehead atoms. The highest BCUT2D eigenvalue weighted by Gasteiger charge is 2.17. The summed E-state index contributed by atoms with van der Waals surface area (Å²) in [7, 11) is 0.